The summed E-state index contributed by atoms with van der Waals surface area (Å²) in [5.74, 6) is 4.75. The molecule has 1 heterocycles. The van der Waals surface area contributed by atoms with Crippen molar-refractivity contribution in [2.75, 3.05) is 27.2 Å². The number of hydrogen-bond donors (Lipinski definition) is 2. The zero-order valence-corrected chi connectivity index (χ0v) is 12.8. The first-order valence-electron chi connectivity index (χ1n) is 6.86. The van der Waals surface area contributed by atoms with Crippen LogP contribution in [0.2, 0.25) is 0 Å². The molecule has 0 bridgehead atoms. The molecular formula is C14H23N5O2. The number of pyridine rings is 1. The highest BCUT2D eigenvalue weighted by Crippen LogP contribution is 2.05. The van der Waals surface area contributed by atoms with Crippen molar-refractivity contribution >= 4 is 11.8 Å². The van der Waals surface area contributed by atoms with Crippen molar-refractivity contribution in [2.24, 2.45) is 5.84 Å². The van der Waals surface area contributed by atoms with Crippen LogP contribution in [0.5, 0.6) is 0 Å². The Kier molecular flexibility index (Phi) is 6.77. The number of carbonyl (C=O) groups is 2. The molecule has 116 valence electrons. The van der Waals surface area contributed by atoms with Crippen LogP contribution < -0.4 is 11.3 Å². The van der Waals surface area contributed by atoms with Gasteiger partial charge in [-0.05, 0) is 25.1 Å². The summed E-state index contributed by atoms with van der Waals surface area (Å²) in [5, 5.41) is 0. The summed E-state index contributed by atoms with van der Waals surface area (Å²) in [6, 6.07) is 3.44. The lowest BCUT2D eigenvalue weighted by atomic mass is 10.2. The molecular weight excluding hydrogens is 270 g/mol. The maximum absolute atomic E-state index is 11.8. The van der Waals surface area contributed by atoms with E-state index in [0.29, 0.717) is 18.7 Å². The topological polar surface area (TPSA) is 91.6 Å². The molecule has 3 N–H and O–H groups in total. The lowest BCUT2D eigenvalue weighted by Gasteiger charge is -2.22. The van der Waals surface area contributed by atoms with E-state index in [2.05, 4.69) is 17.3 Å². The molecule has 0 aliphatic carbocycles. The number of nitrogens with two attached hydrogens (primary N) is 1. The van der Waals surface area contributed by atoms with Gasteiger partial charge in [0, 0.05) is 26.8 Å². The van der Waals surface area contributed by atoms with E-state index in [9.17, 15) is 9.59 Å². The first-order chi connectivity index (χ1) is 9.97. The minimum absolute atomic E-state index is 0.0579. The highest BCUT2D eigenvalue weighted by atomic mass is 16.2. The van der Waals surface area contributed by atoms with Crippen LogP contribution >= 0.6 is 0 Å². The zero-order chi connectivity index (χ0) is 15.8. The van der Waals surface area contributed by atoms with Gasteiger partial charge in [0.25, 0.3) is 5.91 Å². The molecule has 1 aromatic heterocycles. The largest absolute Gasteiger partial charge is 0.348 e. The third kappa shape index (κ3) is 5.49. The maximum Gasteiger partial charge on any atom is 0.266 e. The minimum atomic E-state index is -0.373. The lowest BCUT2D eigenvalue weighted by molar-refractivity contribution is -0.130. The van der Waals surface area contributed by atoms with Gasteiger partial charge in [-0.15, -0.1) is 0 Å². The van der Waals surface area contributed by atoms with E-state index < -0.39 is 0 Å². The van der Waals surface area contributed by atoms with Crippen LogP contribution in [0.4, 0.5) is 0 Å². The SMILES string of the molecule is CCCN(CC(=O)N(C)C)Cc1ccc(C(=O)NN)cn1. The third-order valence-electron chi connectivity index (χ3n) is 3.00. The number of carbonyl (C=O) groups excluding carboxylic acids is 2. The van der Waals surface area contributed by atoms with Crippen LogP contribution in [-0.2, 0) is 11.3 Å². The summed E-state index contributed by atoms with van der Waals surface area (Å²) in [7, 11) is 3.48. The molecule has 0 aliphatic heterocycles. The molecule has 0 atom stereocenters. The van der Waals surface area contributed by atoms with E-state index in [-0.39, 0.29) is 11.8 Å². The van der Waals surface area contributed by atoms with Gasteiger partial charge in [0.1, 0.15) is 0 Å². The van der Waals surface area contributed by atoms with Gasteiger partial charge in [-0.25, -0.2) is 5.84 Å². The Hall–Kier alpha value is -1.99. The molecule has 1 rings (SSSR count). The third-order valence-corrected chi connectivity index (χ3v) is 3.00. The lowest BCUT2D eigenvalue weighted by Crippen LogP contribution is -2.36. The summed E-state index contributed by atoms with van der Waals surface area (Å²) >= 11 is 0. The monoisotopic (exact) mass is 293 g/mol. The Bertz CT molecular complexity index is 473. The highest BCUT2D eigenvalue weighted by molar-refractivity contribution is 5.93. The fraction of sp³-hybridized carbons (Fsp3) is 0.500. The molecule has 7 nitrogen and oxygen atoms in total. The number of hydrogen-bond acceptors (Lipinski definition) is 5. The second-order valence-electron chi connectivity index (χ2n) is 5.01. The number of amides is 2. The number of hydrazine groups is 1. The fourth-order valence-corrected chi connectivity index (χ4v) is 1.83. The number of nitrogens with one attached hydrogen (secondary N) is 1. The van der Waals surface area contributed by atoms with Crippen LogP contribution in [0.15, 0.2) is 18.3 Å². The highest BCUT2D eigenvalue weighted by Gasteiger charge is 2.13. The number of aromatic nitrogens is 1. The van der Waals surface area contributed by atoms with Crippen molar-refractivity contribution in [1.82, 2.24) is 20.2 Å². The smallest absolute Gasteiger partial charge is 0.266 e. The quantitative estimate of drug-likeness (QED) is 0.419. The average molecular weight is 293 g/mol. The summed E-state index contributed by atoms with van der Waals surface area (Å²) in [4.78, 5) is 31.0. The summed E-state index contributed by atoms with van der Waals surface area (Å²) in [6.07, 6.45) is 2.43. The number of nitrogen functional groups attached to an aromatic ring is 1. The van der Waals surface area contributed by atoms with Gasteiger partial charge in [-0.1, -0.05) is 6.92 Å². The Labute approximate surface area is 125 Å². The molecule has 0 radical (unpaired) electrons. The first kappa shape index (κ1) is 17.1. The molecule has 0 aliphatic rings. The molecule has 0 saturated carbocycles. The van der Waals surface area contributed by atoms with Crippen molar-refractivity contribution in [3.05, 3.63) is 29.6 Å². The molecule has 21 heavy (non-hydrogen) atoms. The summed E-state index contributed by atoms with van der Waals surface area (Å²) < 4.78 is 0. The van der Waals surface area contributed by atoms with Crippen LogP contribution in [-0.4, -0.2) is 53.8 Å². The van der Waals surface area contributed by atoms with Gasteiger partial charge in [-0.3, -0.25) is 24.9 Å². The molecule has 0 fully saturated rings. The molecule has 2 amide bonds. The number of rotatable bonds is 7. The van der Waals surface area contributed by atoms with Crippen LogP contribution in [0, 0.1) is 0 Å². The number of nitrogens with zero attached hydrogens (tertiary/aromatic N) is 3. The predicted octanol–water partition coefficient (Wildman–Crippen LogP) is -0.0147. The van der Waals surface area contributed by atoms with E-state index >= 15 is 0 Å². The van der Waals surface area contributed by atoms with Gasteiger partial charge in [0.15, 0.2) is 0 Å². The van der Waals surface area contributed by atoms with Crippen LogP contribution in [0.3, 0.4) is 0 Å². The van der Waals surface area contributed by atoms with Crippen LogP contribution in [0.25, 0.3) is 0 Å². The molecule has 0 aromatic carbocycles. The van der Waals surface area contributed by atoms with E-state index in [0.717, 1.165) is 18.7 Å². The normalized spacial score (nSPS) is 10.5. The fourth-order valence-electron chi connectivity index (χ4n) is 1.83. The van der Waals surface area contributed by atoms with Gasteiger partial charge in [0.05, 0.1) is 17.8 Å². The van der Waals surface area contributed by atoms with E-state index in [1.165, 1.54) is 6.20 Å². The van der Waals surface area contributed by atoms with E-state index in [4.69, 9.17) is 5.84 Å². The Morgan fingerprint density at radius 3 is 2.52 bits per heavy atom. The standard InChI is InChI=1S/C14H23N5O2/c1-4-7-19(10-13(20)18(2)3)9-12-6-5-11(8-16-12)14(21)17-15/h5-6,8H,4,7,9-10,15H2,1-3H3,(H,17,21). The number of likely N-dealkylation sites (N-methyl/N-ethyl adjacent to an activating group) is 1. The van der Waals surface area contributed by atoms with E-state index in [1.807, 2.05) is 4.90 Å². The van der Waals surface area contributed by atoms with Crippen molar-refractivity contribution in [1.29, 1.82) is 0 Å². The van der Waals surface area contributed by atoms with Crippen molar-refractivity contribution < 1.29 is 9.59 Å². The summed E-state index contributed by atoms with van der Waals surface area (Å²) in [5.41, 5.74) is 3.28. The zero-order valence-electron chi connectivity index (χ0n) is 12.8. The second-order valence-corrected chi connectivity index (χ2v) is 5.01. The average Bonchev–Trinajstić information content (AvgIpc) is 2.47. The van der Waals surface area contributed by atoms with E-state index in [1.54, 1.807) is 31.1 Å². The Morgan fingerprint density at radius 1 is 1.33 bits per heavy atom. The van der Waals surface area contributed by atoms with Crippen LogP contribution in [0.1, 0.15) is 29.4 Å². The van der Waals surface area contributed by atoms with Gasteiger partial charge >= 0.3 is 0 Å². The van der Waals surface area contributed by atoms with Crippen molar-refractivity contribution in [3.63, 3.8) is 0 Å². The Balaban J connectivity index is 2.70. The first-order valence-corrected chi connectivity index (χ1v) is 6.86. The molecule has 7 heteroatoms. The summed E-state index contributed by atoms with van der Waals surface area (Å²) in [6.45, 7) is 3.80. The second kappa shape index (κ2) is 8.33. The van der Waals surface area contributed by atoms with Gasteiger partial charge in [-0.2, -0.15) is 0 Å². The van der Waals surface area contributed by atoms with Crippen molar-refractivity contribution in [3.8, 4) is 0 Å². The maximum atomic E-state index is 11.8. The predicted molar refractivity (Wildman–Crippen MR) is 80.2 cm³/mol. The van der Waals surface area contributed by atoms with Crippen molar-refractivity contribution in [2.45, 2.75) is 19.9 Å². The Morgan fingerprint density at radius 2 is 2.05 bits per heavy atom. The van der Waals surface area contributed by atoms with Gasteiger partial charge < -0.3 is 4.90 Å². The van der Waals surface area contributed by atoms with Gasteiger partial charge in [0.2, 0.25) is 5.91 Å². The minimum Gasteiger partial charge on any atom is -0.348 e. The molecule has 0 unspecified atom stereocenters. The molecule has 1 aromatic rings. The molecule has 0 saturated heterocycles. The molecule has 0 spiro atoms.